The standard InChI is InChI=1S/C11H15NO3/c1-14-9-4-7-3-8(13)6-12-11(7)10(5-9)15-2/h4-5,8,12-13H,3,6H2,1-2H3. The molecule has 0 aliphatic carbocycles. The van der Waals surface area contributed by atoms with Crippen LogP contribution in [0.1, 0.15) is 5.56 Å². The summed E-state index contributed by atoms with van der Waals surface area (Å²) in [5.41, 5.74) is 1.99. The Morgan fingerprint density at radius 1 is 1.33 bits per heavy atom. The van der Waals surface area contributed by atoms with Crippen molar-refractivity contribution in [2.24, 2.45) is 0 Å². The quantitative estimate of drug-likeness (QED) is 0.764. The molecule has 0 saturated carbocycles. The largest absolute Gasteiger partial charge is 0.497 e. The summed E-state index contributed by atoms with van der Waals surface area (Å²) in [5, 5.41) is 12.7. The first-order valence-electron chi connectivity index (χ1n) is 4.91. The van der Waals surface area contributed by atoms with Gasteiger partial charge in [-0.3, -0.25) is 0 Å². The highest BCUT2D eigenvalue weighted by Gasteiger charge is 2.20. The summed E-state index contributed by atoms with van der Waals surface area (Å²) >= 11 is 0. The van der Waals surface area contributed by atoms with E-state index in [0.717, 1.165) is 22.7 Å². The Balaban J connectivity index is 2.44. The molecule has 0 bridgehead atoms. The number of methoxy groups -OCH3 is 2. The van der Waals surface area contributed by atoms with Crippen molar-refractivity contribution < 1.29 is 14.6 Å². The molecule has 1 unspecified atom stereocenters. The molecule has 2 N–H and O–H groups in total. The van der Waals surface area contributed by atoms with Crippen molar-refractivity contribution in [3.8, 4) is 11.5 Å². The number of benzene rings is 1. The number of aliphatic hydroxyl groups excluding tert-OH is 1. The maximum absolute atomic E-state index is 9.54. The van der Waals surface area contributed by atoms with Crippen molar-refractivity contribution >= 4 is 5.69 Å². The zero-order chi connectivity index (χ0) is 10.8. The van der Waals surface area contributed by atoms with E-state index in [4.69, 9.17) is 9.47 Å². The Hall–Kier alpha value is -1.42. The molecule has 1 heterocycles. The van der Waals surface area contributed by atoms with Gasteiger partial charge in [-0.1, -0.05) is 0 Å². The second-order valence-corrected chi connectivity index (χ2v) is 3.60. The van der Waals surface area contributed by atoms with Crippen LogP contribution >= 0.6 is 0 Å². The molecule has 2 rings (SSSR count). The zero-order valence-corrected chi connectivity index (χ0v) is 8.91. The molecular weight excluding hydrogens is 194 g/mol. The van der Waals surface area contributed by atoms with Crippen LogP contribution in [0.4, 0.5) is 5.69 Å². The second kappa shape index (κ2) is 3.98. The Morgan fingerprint density at radius 3 is 2.80 bits per heavy atom. The first-order chi connectivity index (χ1) is 7.24. The van der Waals surface area contributed by atoms with Crippen molar-refractivity contribution in [3.63, 3.8) is 0 Å². The van der Waals surface area contributed by atoms with E-state index < -0.39 is 0 Å². The highest BCUT2D eigenvalue weighted by molar-refractivity contribution is 5.66. The molecule has 0 saturated heterocycles. The average molecular weight is 209 g/mol. The van der Waals surface area contributed by atoms with Gasteiger partial charge in [0.25, 0.3) is 0 Å². The molecule has 0 fully saturated rings. The van der Waals surface area contributed by atoms with Gasteiger partial charge in [0.05, 0.1) is 26.0 Å². The van der Waals surface area contributed by atoms with Crippen LogP contribution in [0.3, 0.4) is 0 Å². The van der Waals surface area contributed by atoms with Crippen molar-refractivity contribution in [2.75, 3.05) is 26.1 Å². The number of rotatable bonds is 2. The minimum Gasteiger partial charge on any atom is -0.497 e. The van der Waals surface area contributed by atoms with Crippen molar-refractivity contribution in [3.05, 3.63) is 17.7 Å². The maximum Gasteiger partial charge on any atom is 0.145 e. The van der Waals surface area contributed by atoms with Crippen LogP contribution in [0.5, 0.6) is 11.5 Å². The summed E-state index contributed by atoms with van der Waals surface area (Å²) in [6.45, 7) is 0.565. The predicted octanol–water partition coefficient (Wildman–Crippen LogP) is 1.03. The normalized spacial score (nSPS) is 19.0. The number of nitrogens with one attached hydrogen (secondary N) is 1. The van der Waals surface area contributed by atoms with Gasteiger partial charge in [-0.2, -0.15) is 0 Å². The minimum atomic E-state index is -0.339. The number of hydrogen-bond acceptors (Lipinski definition) is 4. The lowest BCUT2D eigenvalue weighted by atomic mass is 10.0. The number of fused-ring (bicyclic) bond motifs is 1. The Morgan fingerprint density at radius 2 is 2.13 bits per heavy atom. The van der Waals surface area contributed by atoms with E-state index in [9.17, 15) is 5.11 Å². The summed E-state index contributed by atoms with van der Waals surface area (Å²) in [4.78, 5) is 0. The highest BCUT2D eigenvalue weighted by Crippen LogP contribution is 2.36. The van der Waals surface area contributed by atoms with Gasteiger partial charge in [0.1, 0.15) is 11.5 Å². The third-order valence-corrected chi connectivity index (χ3v) is 2.58. The number of hydrogen-bond donors (Lipinski definition) is 2. The van der Waals surface area contributed by atoms with Crippen molar-refractivity contribution in [1.82, 2.24) is 0 Å². The van der Waals surface area contributed by atoms with Gasteiger partial charge in [0.2, 0.25) is 0 Å². The highest BCUT2D eigenvalue weighted by atomic mass is 16.5. The molecule has 0 radical (unpaired) electrons. The molecule has 1 aromatic carbocycles. The van der Waals surface area contributed by atoms with Gasteiger partial charge >= 0.3 is 0 Å². The SMILES string of the molecule is COc1cc2c(c(OC)c1)NCC(O)C2. The molecular formula is C11H15NO3. The molecule has 1 aliphatic heterocycles. The first-order valence-corrected chi connectivity index (χ1v) is 4.91. The summed E-state index contributed by atoms with van der Waals surface area (Å²) in [6.07, 6.45) is 0.296. The Labute approximate surface area is 88.8 Å². The fraction of sp³-hybridized carbons (Fsp3) is 0.455. The van der Waals surface area contributed by atoms with E-state index in [1.54, 1.807) is 14.2 Å². The van der Waals surface area contributed by atoms with E-state index in [1.165, 1.54) is 0 Å². The van der Waals surface area contributed by atoms with Crippen molar-refractivity contribution in [2.45, 2.75) is 12.5 Å². The smallest absolute Gasteiger partial charge is 0.145 e. The average Bonchev–Trinajstić information content (AvgIpc) is 2.26. The van der Waals surface area contributed by atoms with E-state index in [-0.39, 0.29) is 6.10 Å². The van der Waals surface area contributed by atoms with Gasteiger partial charge in [-0.05, 0) is 11.6 Å². The molecule has 15 heavy (non-hydrogen) atoms. The Kier molecular flexibility index (Phi) is 2.68. The summed E-state index contributed by atoms with van der Waals surface area (Å²) in [5.74, 6) is 1.51. The molecule has 1 aromatic rings. The lowest BCUT2D eigenvalue weighted by Crippen LogP contribution is -2.27. The number of ether oxygens (including phenoxy) is 2. The zero-order valence-electron chi connectivity index (χ0n) is 8.91. The molecule has 1 aliphatic rings. The first kappa shape index (κ1) is 10.1. The summed E-state index contributed by atoms with van der Waals surface area (Å²) in [6, 6.07) is 3.76. The topological polar surface area (TPSA) is 50.7 Å². The van der Waals surface area contributed by atoms with Gasteiger partial charge in [-0.15, -0.1) is 0 Å². The lowest BCUT2D eigenvalue weighted by molar-refractivity contribution is 0.184. The third-order valence-electron chi connectivity index (χ3n) is 2.58. The maximum atomic E-state index is 9.54. The molecule has 82 valence electrons. The fourth-order valence-corrected chi connectivity index (χ4v) is 1.83. The van der Waals surface area contributed by atoms with Crippen LogP contribution in [0.15, 0.2) is 12.1 Å². The van der Waals surface area contributed by atoms with Gasteiger partial charge in [0.15, 0.2) is 0 Å². The fourth-order valence-electron chi connectivity index (χ4n) is 1.83. The summed E-state index contributed by atoms with van der Waals surface area (Å²) < 4.78 is 10.4. The van der Waals surface area contributed by atoms with E-state index in [2.05, 4.69) is 5.32 Å². The molecule has 0 spiro atoms. The van der Waals surface area contributed by atoms with E-state index >= 15 is 0 Å². The predicted molar refractivity (Wildman–Crippen MR) is 57.7 cm³/mol. The minimum absolute atomic E-state index is 0.339. The third kappa shape index (κ3) is 1.85. The van der Waals surface area contributed by atoms with E-state index in [0.29, 0.717) is 13.0 Å². The molecule has 4 heteroatoms. The van der Waals surface area contributed by atoms with Gasteiger partial charge in [0, 0.05) is 19.0 Å². The van der Waals surface area contributed by atoms with Crippen LogP contribution in [-0.4, -0.2) is 32.0 Å². The number of aliphatic hydroxyl groups is 1. The molecule has 1 atom stereocenters. The van der Waals surface area contributed by atoms with Crippen LogP contribution in [0, 0.1) is 0 Å². The number of anilines is 1. The second-order valence-electron chi connectivity index (χ2n) is 3.60. The van der Waals surface area contributed by atoms with Crippen molar-refractivity contribution in [1.29, 1.82) is 0 Å². The Bertz CT molecular complexity index is 365. The van der Waals surface area contributed by atoms with Crippen LogP contribution in [0.2, 0.25) is 0 Å². The molecule has 0 aromatic heterocycles. The van der Waals surface area contributed by atoms with Crippen LogP contribution in [0.25, 0.3) is 0 Å². The monoisotopic (exact) mass is 209 g/mol. The van der Waals surface area contributed by atoms with Gasteiger partial charge in [-0.25, -0.2) is 0 Å². The summed E-state index contributed by atoms with van der Waals surface area (Å²) in [7, 11) is 3.25. The van der Waals surface area contributed by atoms with Gasteiger partial charge < -0.3 is 19.9 Å². The van der Waals surface area contributed by atoms with E-state index in [1.807, 2.05) is 12.1 Å². The molecule has 4 nitrogen and oxygen atoms in total. The lowest BCUT2D eigenvalue weighted by Gasteiger charge is -2.24. The van der Waals surface area contributed by atoms with Crippen LogP contribution < -0.4 is 14.8 Å². The molecule has 0 amide bonds. The number of β-amino-alcohol motifs (C(OH)–C–C–N with tert-alkyl or cyclic N) is 1. The van der Waals surface area contributed by atoms with Crippen LogP contribution in [-0.2, 0) is 6.42 Å².